The summed E-state index contributed by atoms with van der Waals surface area (Å²) in [5.41, 5.74) is 51.4. The molecule has 14 heterocycles. The molecule has 0 unspecified atom stereocenters. The molecule has 14 aromatic heterocycles. The van der Waals surface area contributed by atoms with Crippen molar-refractivity contribution in [1.29, 1.82) is 0 Å². The molecule has 0 atom stereocenters. The highest BCUT2D eigenvalue weighted by molar-refractivity contribution is 6.15. The van der Waals surface area contributed by atoms with E-state index in [0.717, 1.165) is 34.0 Å². The molecular formula is C132H144N16. The Balaban J connectivity index is 0.000000123. The number of aryl methyl sites for hydroxylation is 22. The molecule has 13 aromatic carbocycles. The Bertz CT molecular complexity index is 8870. The van der Waals surface area contributed by atoms with Crippen LogP contribution in [0.25, 0.3) is 188 Å². The Hall–Kier alpha value is -16.7. The molecule has 16 nitrogen and oxygen atoms in total. The summed E-state index contributed by atoms with van der Waals surface area (Å²) in [7, 11) is 6.41. The molecule has 0 spiro atoms. The van der Waals surface area contributed by atoms with Crippen LogP contribution in [0.2, 0.25) is 0 Å². The number of hydrogen-bond acceptors (Lipinski definition) is 2. The number of benzene rings is 13. The van der Waals surface area contributed by atoms with Gasteiger partial charge in [0.1, 0.15) is 22.9 Å². The minimum absolute atomic E-state index is 0. The maximum Gasteiger partial charge on any atom is 0.164 e. The zero-order valence-corrected chi connectivity index (χ0v) is 86.3. The third-order valence-electron chi connectivity index (χ3n) is 29.6. The van der Waals surface area contributed by atoms with E-state index in [9.17, 15) is 0 Å². The van der Waals surface area contributed by atoms with E-state index in [4.69, 9.17) is 9.97 Å². The number of imidazole rings is 2. The number of nitrogens with zero attached hydrogens (tertiary/aromatic N) is 11. The van der Waals surface area contributed by atoms with E-state index in [1.807, 2.05) is 13.8 Å². The van der Waals surface area contributed by atoms with Crippen molar-refractivity contribution in [2.75, 3.05) is 0 Å². The van der Waals surface area contributed by atoms with Crippen LogP contribution >= 0.6 is 0 Å². The van der Waals surface area contributed by atoms with Crippen LogP contribution in [-0.4, -0.2) is 76.0 Å². The molecule has 16 heteroatoms. The third-order valence-corrected chi connectivity index (χ3v) is 29.6. The van der Waals surface area contributed by atoms with Gasteiger partial charge in [-0.25, -0.2) is 9.97 Å². The highest BCUT2D eigenvalue weighted by atomic mass is 15.1. The molecule has 27 rings (SSSR count). The second kappa shape index (κ2) is 41.4. The lowest BCUT2D eigenvalue weighted by Crippen LogP contribution is -2.00. The second-order valence-corrected chi connectivity index (χ2v) is 39.3. The van der Waals surface area contributed by atoms with Crippen LogP contribution in [-0.2, 0) is 21.1 Å². The predicted molar refractivity (Wildman–Crippen MR) is 639 cm³/mol. The van der Waals surface area contributed by atoms with Gasteiger partial charge < -0.3 is 52.3 Å². The van der Waals surface area contributed by atoms with Crippen molar-refractivity contribution >= 4 is 154 Å². The molecule has 5 N–H and O–H groups in total. The lowest BCUT2D eigenvalue weighted by molar-refractivity contribution is 0.852. The van der Waals surface area contributed by atoms with Crippen molar-refractivity contribution in [1.82, 2.24) is 76.0 Å². The number of nitrogens with one attached hydrogen (secondary N) is 5. The van der Waals surface area contributed by atoms with Gasteiger partial charge in [0.15, 0.2) is 11.3 Å². The summed E-state index contributed by atoms with van der Waals surface area (Å²) in [6.45, 7) is 43.1. The van der Waals surface area contributed by atoms with Gasteiger partial charge in [-0.05, 0) is 265 Å². The van der Waals surface area contributed by atoms with Gasteiger partial charge >= 0.3 is 0 Å². The Labute approximate surface area is 870 Å². The monoisotopic (exact) mass is 1950 g/mol. The fourth-order valence-electron chi connectivity index (χ4n) is 22.9. The van der Waals surface area contributed by atoms with E-state index in [-0.39, 0.29) is 37.1 Å². The Kier molecular flexibility index (Phi) is 29.1. The maximum atomic E-state index is 4.72. The van der Waals surface area contributed by atoms with E-state index >= 15 is 0 Å². The maximum absolute atomic E-state index is 4.72. The van der Waals surface area contributed by atoms with Crippen molar-refractivity contribution in [2.45, 2.75) is 176 Å². The van der Waals surface area contributed by atoms with E-state index in [1.165, 1.54) is 266 Å². The zero-order chi connectivity index (χ0) is 99.7. The molecule has 0 aliphatic carbocycles. The van der Waals surface area contributed by atoms with Crippen molar-refractivity contribution < 1.29 is 0 Å². The molecule has 752 valence electrons. The van der Waals surface area contributed by atoms with E-state index < -0.39 is 0 Å². The molecule has 0 fully saturated rings. The highest BCUT2D eigenvalue weighted by Gasteiger charge is 2.26. The van der Waals surface area contributed by atoms with Gasteiger partial charge in [-0.1, -0.05) is 274 Å². The Morgan fingerprint density at radius 1 is 0.236 bits per heavy atom. The van der Waals surface area contributed by atoms with Gasteiger partial charge in [-0.15, -0.1) is 0 Å². The van der Waals surface area contributed by atoms with E-state index in [0.29, 0.717) is 0 Å². The van der Waals surface area contributed by atoms with Crippen LogP contribution in [0, 0.1) is 138 Å². The van der Waals surface area contributed by atoms with Crippen LogP contribution in [0.5, 0.6) is 0 Å². The highest BCUT2D eigenvalue weighted by Crippen LogP contribution is 2.44. The quantitative estimate of drug-likeness (QED) is 0.113. The Morgan fingerprint density at radius 2 is 0.547 bits per heavy atom. The summed E-state index contributed by atoms with van der Waals surface area (Å²) in [6.07, 6.45) is 4.37. The first kappa shape index (κ1) is 104. The lowest BCUT2D eigenvalue weighted by Gasteiger charge is -2.14. The van der Waals surface area contributed by atoms with Crippen LogP contribution in [0.4, 0.5) is 0 Å². The van der Waals surface area contributed by atoms with E-state index in [2.05, 4.69) is 515 Å². The summed E-state index contributed by atoms with van der Waals surface area (Å²) in [5, 5.41) is 14.4. The van der Waals surface area contributed by atoms with Gasteiger partial charge in [0.25, 0.3) is 0 Å². The smallest absolute Gasteiger partial charge is 0.164 e. The first-order valence-electron chi connectivity index (χ1n) is 49.7. The SMILES string of the molecule is C.C.C.C.C.Cc1c(C)n(C)c2c1c1ccccc1n2C.Cc1cc2c([nH]1)c1ccccc1n2-c1c(C)cccc1C.Cc1cc2c3ccccc3n(-c3c(C)cccc3C)c2[nH]1.Cc1cccc(C)c1-n1c2ccccc2c2c(C)n(C)cc21.Cc1cccc(C)c1-n1c2ccccc2c2c[nH]c(C)c21.Cc1nc2c([nH]1)c1ccccc1n2-c1c(C)cccc1C.Cc1nc2c([nH]1)c1ccccc1n2-c1c(C)cccc1C. The zero-order valence-electron chi connectivity index (χ0n) is 86.3. The third kappa shape index (κ3) is 17.4. The Morgan fingerprint density at radius 3 is 0.966 bits per heavy atom. The molecule has 0 aliphatic heterocycles. The first-order chi connectivity index (χ1) is 69.1. The minimum atomic E-state index is 0. The fourth-order valence-corrected chi connectivity index (χ4v) is 22.9. The van der Waals surface area contributed by atoms with Crippen molar-refractivity contribution in [3.8, 4) is 34.1 Å². The summed E-state index contributed by atoms with van der Waals surface area (Å²) in [4.78, 5) is 26.6. The van der Waals surface area contributed by atoms with Gasteiger partial charge in [0, 0.05) is 121 Å². The summed E-state index contributed by atoms with van der Waals surface area (Å²) in [5.74, 6) is 1.90. The molecule has 0 bridgehead atoms. The number of para-hydroxylation sites is 13. The number of hydrogen-bond donors (Lipinski definition) is 5. The number of aromatic nitrogens is 16. The minimum Gasteiger partial charge on any atom is -0.363 e. The largest absolute Gasteiger partial charge is 0.363 e. The number of aromatic amines is 5. The normalized spacial score (nSPS) is 11.2. The average molecular weight is 1950 g/mol. The van der Waals surface area contributed by atoms with Crippen molar-refractivity contribution in [3.05, 3.63) is 416 Å². The van der Waals surface area contributed by atoms with Crippen molar-refractivity contribution in [3.63, 3.8) is 0 Å². The molecule has 0 radical (unpaired) electrons. The number of rotatable bonds is 6. The van der Waals surface area contributed by atoms with Gasteiger partial charge in [-0.2, -0.15) is 0 Å². The molecule has 27 aromatic rings. The number of H-pyrrole nitrogens is 5. The van der Waals surface area contributed by atoms with Crippen LogP contribution in [0.15, 0.2) is 304 Å². The van der Waals surface area contributed by atoms with Gasteiger partial charge in [0.2, 0.25) is 0 Å². The van der Waals surface area contributed by atoms with Gasteiger partial charge in [-0.3, -0.25) is 13.7 Å². The summed E-state index contributed by atoms with van der Waals surface area (Å²) >= 11 is 0. The molecular weight excluding hydrogens is 1810 g/mol. The second-order valence-electron chi connectivity index (χ2n) is 39.3. The van der Waals surface area contributed by atoms with E-state index in [1.54, 1.807) is 0 Å². The topological polar surface area (TPSA) is 149 Å². The molecule has 0 amide bonds. The summed E-state index contributed by atoms with van der Waals surface area (Å²) < 4.78 is 20.9. The van der Waals surface area contributed by atoms with Crippen LogP contribution in [0.3, 0.4) is 0 Å². The molecule has 0 saturated carbocycles. The summed E-state index contributed by atoms with van der Waals surface area (Å²) in [6, 6.07) is 103. The molecule has 0 aliphatic rings. The predicted octanol–water partition coefficient (Wildman–Crippen LogP) is 35.5. The first-order valence-corrected chi connectivity index (χ1v) is 49.7. The van der Waals surface area contributed by atoms with Crippen molar-refractivity contribution in [2.24, 2.45) is 21.1 Å². The molecule has 0 saturated heterocycles. The standard InChI is InChI=1S/C20H20N2.3C19H18N2.2C18H17N3.C14H16N2.5CH4/c1-13-8-7-9-14(2)20(13)22-17-11-6-5-10-16(17)19-15(3)21(4)12-18(19)22;1-12-7-6-8-13(2)18(12)21-17-10-5-4-9-15(17)16-11-20-14(3)19(16)21;1-12-7-6-8-13(2)18(12)21-17-10-5-4-9-15(17)16-11-14(3)20-19(16)21;1-12-7-6-8-13(2)19(12)21-16-10-5-4-9-15(16)18-17(21)11-14(3)20-18;2*1-11-7-6-8-12(2)17(11)21-15-10-5-4-9-14(15)16-18(21)20-13(3)19-16;1-9-10(2)15(3)14-13(9)11-7-5-6-8-12(11)16(14)4;;;;;/h5-12H,1-4H3;3*4-11,20H,1-3H3;2*4-10H,1-3H3,(H,19,20);5-8H,1-4H3;5*1H4. The van der Waals surface area contributed by atoms with Crippen LogP contribution < -0.4 is 0 Å². The van der Waals surface area contributed by atoms with Crippen LogP contribution in [0.1, 0.15) is 150 Å². The van der Waals surface area contributed by atoms with Gasteiger partial charge in [0.05, 0.1) is 106 Å². The fraction of sp³-hybridized carbons (Fsp3) is 0.212. The lowest BCUT2D eigenvalue weighted by atomic mass is 10.1. The average Bonchev–Trinajstić information content (AvgIpc) is 1.96. The number of fused-ring (bicyclic) bond motifs is 21. The molecule has 148 heavy (non-hydrogen) atoms.